The lowest BCUT2D eigenvalue weighted by atomic mass is 9.86. The van der Waals surface area contributed by atoms with E-state index < -0.39 is 4.92 Å². The summed E-state index contributed by atoms with van der Waals surface area (Å²) in [6.07, 6.45) is 0. The molecular formula is C22H22N2O3. The minimum absolute atomic E-state index is 0.0116. The Labute approximate surface area is 158 Å². The molecule has 1 unspecified atom stereocenters. The van der Waals surface area contributed by atoms with Gasteiger partial charge in [0.1, 0.15) is 0 Å². The summed E-state index contributed by atoms with van der Waals surface area (Å²) in [4.78, 5) is 10.5. The molecule has 138 valence electrons. The van der Waals surface area contributed by atoms with Crippen molar-refractivity contribution in [3.63, 3.8) is 0 Å². The van der Waals surface area contributed by atoms with E-state index in [4.69, 9.17) is 10.5 Å². The number of hydrogen-bond acceptors (Lipinski definition) is 4. The van der Waals surface area contributed by atoms with Crippen LogP contribution in [0.5, 0.6) is 0 Å². The molecule has 0 aliphatic carbocycles. The van der Waals surface area contributed by atoms with Crippen molar-refractivity contribution in [1.29, 1.82) is 0 Å². The topological polar surface area (TPSA) is 78.4 Å². The average molecular weight is 362 g/mol. The highest BCUT2D eigenvalue weighted by Gasteiger charge is 2.22. The van der Waals surface area contributed by atoms with E-state index >= 15 is 0 Å². The Bertz CT molecular complexity index is 829. The molecule has 3 aromatic carbocycles. The van der Waals surface area contributed by atoms with E-state index in [0.29, 0.717) is 6.61 Å². The number of nitro benzene ring substituents is 1. The Kier molecular flexibility index (Phi) is 6.30. The molecule has 0 aliphatic heterocycles. The molecule has 0 radical (unpaired) electrons. The zero-order valence-electron chi connectivity index (χ0n) is 14.9. The second-order valence-electron chi connectivity index (χ2n) is 6.41. The summed E-state index contributed by atoms with van der Waals surface area (Å²) in [6.45, 7) is 0.628. The summed E-state index contributed by atoms with van der Waals surface area (Å²) in [6, 6.07) is 26.5. The standard InChI is InChI=1S/C22H22N2O3/c23-21(16-27-15-17-8-7-13-20(14-17)24(25)26)22(18-9-3-1-4-10-18)19-11-5-2-6-12-19/h1-14,21-22H,15-16,23H2. The van der Waals surface area contributed by atoms with E-state index in [1.54, 1.807) is 6.07 Å². The van der Waals surface area contributed by atoms with E-state index in [1.165, 1.54) is 12.1 Å². The predicted molar refractivity (Wildman–Crippen MR) is 105 cm³/mol. The van der Waals surface area contributed by atoms with Crippen LogP contribution in [0, 0.1) is 10.1 Å². The second kappa shape index (κ2) is 9.07. The van der Waals surface area contributed by atoms with Gasteiger partial charge in [-0.3, -0.25) is 10.1 Å². The highest BCUT2D eigenvalue weighted by molar-refractivity contribution is 5.35. The van der Waals surface area contributed by atoms with Gasteiger partial charge in [0, 0.05) is 24.1 Å². The molecule has 0 aromatic heterocycles. The van der Waals surface area contributed by atoms with Crippen LogP contribution in [0.3, 0.4) is 0 Å². The number of benzene rings is 3. The molecule has 3 aromatic rings. The normalized spacial score (nSPS) is 12.1. The van der Waals surface area contributed by atoms with E-state index in [-0.39, 0.29) is 24.3 Å². The van der Waals surface area contributed by atoms with Crippen LogP contribution in [-0.2, 0) is 11.3 Å². The lowest BCUT2D eigenvalue weighted by Gasteiger charge is -2.25. The lowest BCUT2D eigenvalue weighted by molar-refractivity contribution is -0.384. The molecular weight excluding hydrogens is 340 g/mol. The van der Waals surface area contributed by atoms with Gasteiger partial charge in [0.2, 0.25) is 0 Å². The number of non-ortho nitro benzene ring substituents is 1. The van der Waals surface area contributed by atoms with Crippen molar-refractivity contribution in [1.82, 2.24) is 0 Å². The molecule has 0 bridgehead atoms. The summed E-state index contributed by atoms with van der Waals surface area (Å²) in [5.74, 6) is 0.0116. The van der Waals surface area contributed by atoms with Gasteiger partial charge in [-0.15, -0.1) is 0 Å². The molecule has 0 amide bonds. The Morgan fingerprint density at radius 1 is 0.889 bits per heavy atom. The fourth-order valence-corrected chi connectivity index (χ4v) is 3.18. The van der Waals surface area contributed by atoms with Crippen LogP contribution in [0.2, 0.25) is 0 Å². The minimum Gasteiger partial charge on any atom is -0.375 e. The van der Waals surface area contributed by atoms with Crippen molar-refractivity contribution in [2.75, 3.05) is 6.61 Å². The van der Waals surface area contributed by atoms with Crippen molar-refractivity contribution < 1.29 is 9.66 Å². The average Bonchev–Trinajstić information content (AvgIpc) is 2.70. The van der Waals surface area contributed by atoms with Crippen LogP contribution in [-0.4, -0.2) is 17.6 Å². The van der Waals surface area contributed by atoms with Gasteiger partial charge in [-0.2, -0.15) is 0 Å². The maximum Gasteiger partial charge on any atom is 0.269 e. The molecule has 3 rings (SSSR count). The summed E-state index contributed by atoms with van der Waals surface area (Å²) >= 11 is 0. The molecule has 0 spiro atoms. The van der Waals surface area contributed by atoms with Gasteiger partial charge in [0.25, 0.3) is 5.69 Å². The second-order valence-corrected chi connectivity index (χ2v) is 6.41. The van der Waals surface area contributed by atoms with Gasteiger partial charge in [0.05, 0.1) is 18.1 Å². The number of rotatable bonds is 8. The van der Waals surface area contributed by atoms with Gasteiger partial charge in [-0.05, 0) is 16.7 Å². The Morgan fingerprint density at radius 2 is 1.48 bits per heavy atom. The first-order chi connectivity index (χ1) is 13.1. The highest BCUT2D eigenvalue weighted by Crippen LogP contribution is 2.27. The summed E-state index contributed by atoms with van der Waals surface area (Å²) in [5.41, 5.74) is 9.58. The van der Waals surface area contributed by atoms with E-state index in [2.05, 4.69) is 24.3 Å². The zero-order valence-corrected chi connectivity index (χ0v) is 14.9. The third-order valence-electron chi connectivity index (χ3n) is 4.45. The van der Waals surface area contributed by atoms with Crippen molar-refractivity contribution in [2.24, 2.45) is 5.73 Å². The fourth-order valence-electron chi connectivity index (χ4n) is 3.18. The van der Waals surface area contributed by atoms with Crippen molar-refractivity contribution in [3.05, 3.63) is 112 Å². The quantitative estimate of drug-likeness (QED) is 0.479. The van der Waals surface area contributed by atoms with Gasteiger partial charge in [-0.1, -0.05) is 72.8 Å². The Morgan fingerprint density at radius 3 is 2.04 bits per heavy atom. The van der Waals surface area contributed by atoms with Crippen molar-refractivity contribution in [3.8, 4) is 0 Å². The Balaban J connectivity index is 1.69. The number of hydrogen-bond donors (Lipinski definition) is 1. The van der Waals surface area contributed by atoms with Crippen LogP contribution in [0.4, 0.5) is 5.69 Å². The molecule has 0 heterocycles. The van der Waals surface area contributed by atoms with Gasteiger partial charge in [0.15, 0.2) is 0 Å². The van der Waals surface area contributed by atoms with Crippen LogP contribution in [0.25, 0.3) is 0 Å². The molecule has 2 N–H and O–H groups in total. The molecule has 0 saturated heterocycles. The largest absolute Gasteiger partial charge is 0.375 e. The summed E-state index contributed by atoms with van der Waals surface area (Å²) < 4.78 is 5.79. The van der Waals surface area contributed by atoms with Crippen molar-refractivity contribution in [2.45, 2.75) is 18.6 Å². The first-order valence-corrected chi connectivity index (χ1v) is 8.81. The molecule has 1 atom stereocenters. The van der Waals surface area contributed by atoms with Crippen LogP contribution >= 0.6 is 0 Å². The lowest BCUT2D eigenvalue weighted by Crippen LogP contribution is -2.34. The first-order valence-electron chi connectivity index (χ1n) is 8.81. The number of ether oxygens (including phenoxy) is 1. The van der Waals surface area contributed by atoms with Crippen molar-refractivity contribution >= 4 is 5.69 Å². The monoisotopic (exact) mass is 362 g/mol. The maximum atomic E-state index is 10.9. The van der Waals surface area contributed by atoms with Gasteiger partial charge < -0.3 is 10.5 Å². The first kappa shape index (κ1) is 18.8. The number of nitrogens with zero attached hydrogens (tertiary/aromatic N) is 1. The van der Waals surface area contributed by atoms with Crippen LogP contribution in [0.1, 0.15) is 22.6 Å². The molecule has 0 saturated carbocycles. The molecule has 0 fully saturated rings. The third kappa shape index (κ3) is 5.00. The number of nitro groups is 1. The number of nitrogens with two attached hydrogens (primary N) is 1. The predicted octanol–water partition coefficient (Wildman–Crippen LogP) is 4.27. The van der Waals surface area contributed by atoms with Gasteiger partial charge >= 0.3 is 0 Å². The van der Waals surface area contributed by atoms with E-state index in [9.17, 15) is 10.1 Å². The smallest absolute Gasteiger partial charge is 0.269 e. The van der Waals surface area contributed by atoms with E-state index in [1.807, 2.05) is 42.5 Å². The minimum atomic E-state index is -0.407. The Hall–Kier alpha value is -3.02. The summed E-state index contributed by atoms with van der Waals surface area (Å²) in [7, 11) is 0. The summed E-state index contributed by atoms with van der Waals surface area (Å²) in [5, 5.41) is 10.9. The van der Waals surface area contributed by atoms with E-state index in [0.717, 1.165) is 16.7 Å². The van der Waals surface area contributed by atoms with Crippen LogP contribution < -0.4 is 5.73 Å². The zero-order chi connectivity index (χ0) is 19.1. The fraction of sp³-hybridized carbons (Fsp3) is 0.182. The third-order valence-corrected chi connectivity index (χ3v) is 4.45. The molecule has 0 aliphatic rings. The van der Waals surface area contributed by atoms with Gasteiger partial charge in [-0.25, -0.2) is 0 Å². The van der Waals surface area contributed by atoms with Crippen LogP contribution in [0.15, 0.2) is 84.9 Å². The molecule has 5 heteroatoms. The highest BCUT2D eigenvalue weighted by atomic mass is 16.6. The molecule has 27 heavy (non-hydrogen) atoms. The maximum absolute atomic E-state index is 10.9. The SMILES string of the molecule is NC(COCc1cccc([N+](=O)[O-])c1)C(c1ccccc1)c1ccccc1. The molecule has 5 nitrogen and oxygen atoms in total.